The Kier molecular flexibility index (Phi) is 7.01. The highest BCUT2D eigenvalue weighted by atomic mass is 16.4. The highest BCUT2D eigenvalue weighted by Crippen LogP contribution is 2.37. The maximum Gasteiger partial charge on any atom is 0.226 e. The Labute approximate surface area is 245 Å². The van der Waals surface area contributed by atoms with Crippen molar-refractivity contribution >= 4 is 23.6 Å². The van der Waals surface area contributed by atoms with Crippen molar-refractivity contribution < 1.29 is 4.42 Å². The Morgan fingerprint density at radius 3 is 1.81 bits per heavy atom. The van der Waals surface area contributed by atoms with E-state index in [-0.39, 0.29) is 6.04 Å². The first-order valence-electron chi connectivity index (χ1n) is 14.2. The van der Waals surface area contributed by atoms with Crippen LogP contribution in [0.4, 0.5) is 5.69 Å². The molecule has 0 saturated heterocycles. The number of anilines is 1. The molecule has 5 aromatic carbocycles. The fourth-order valence-corrected chi connectivity index (χ4v) is 5.30. The number of aromatic nitrogens is 1. The van der Waals surface area contributed by atoms with Crippen LogP contribution in [0.1, 0.15) is 34.7 Å². The van der Waals surface area contributed by atoms with Crippen LogP contribution in [0.5, 0.6) is 0 Å². The number of rotatable bonds is 7. The number of hydrogen-bond acceptors (Lipinski definition) is 4. The van der Waals surface area contributed by atoms with Crippen LogP contribution in [0.2, 0.25) is 0 Å². The molecule has 2 heterocycles. The van der Waals surface area contributed by atoms with Gasteiger partial charge in [-0.25, -0.2) is 4.98 Å². The van der Waals surface area contributed by atoms with Crippen LogP contribution in [0.3, 0.4) is 0 Å². The largest absolute Gasteiger partial charge is 0.436 e. The zero-order valence-electron chi connectivity index (χ0n) is 23.0. The molecule has 202 valence electrons. The summed E-state index contributed by atoms with van der Waals surface area (Å²) in [5.74, 6) is 1.39. The molecule has 1 atom stereocenters. The van der Waals surface area contributed by atoms with Gasteiger partial charge in [-0.15, -0.1) is 0 Å². The molecule has 0 saturated carbocycles. The SMILES string of the molecule is C(=C\c1ccc(N2N=C(c3ccccc3)CC2c2ccccc2)cc1)/c1ccc(-c2ncc(-c3ccccc3)o2)cc1. The topological polar surface area (TPSA) is 41.6 Å². The fraction of sp³-hybridized carbons (Fsp3) is 0.0526. The lowest BCUT2D eigenvalue weighted by Crippen LogP contribution is -2.18. The van der Waals surface area contributed by atoms with E-state index >= 15 is 0 Å². The number of nitrogens with zero attached hydrogens (tertiary/aromatic N) is 3. The number of hydrogen-bond donors (Lipinski definition) is 0. The van der Waals surface area contributed by atoms with Gasteiger partial charge in [0.2, 0.25) is 5.89 Å². The van der Waals surface area contributed by atoms with E-state index in [2.05, 4.69) is 113 Å². The quantitative estimate of drug-likeness (QED) is 0.188. The summed E-state index contributed by atoms with van der Waals surface area (Å²) in [5, 5.41) is 7.24. The smallest absolute Gasteiger partial charge is 0.226 e. The normalized spacial score (nSPS) is 14.8. The average Bonchev–Trinajstić information content (AvgIpc) is 3.75. The number of benzene rings is 5. The molecule has 1 aliphatic rings. The number of oxazole rings is 1. The third kappa shape index (κ3) is 5.43. The monoisotopic (exact) mass is 543 g/mol. The van der Waals surface area contributed by atoms with Gasteiger partial charge in [-0.2, -0.15) is 5.10 Å². The molecule has 0 N–H and O–H groups in total. The Balaban J connectivity index is 1.07. The first-order chi connectivity index (χ1) is 20.8. The highest BCUT2D eigenvalue weighted by Gasteiger charge is 2.29. The molecule has 4 heteroatoms. The molecule has 1 aliphatic heterocycles. The zero-order valence-corrected chi connectivity index (χ0v) is 23.0. The van der Waals surface area contributed by atoms with Crippen molar-refractivity contribution in [3.63, 3.8) is 0 Å². The molecule has 0 fully saturated rings. The minimum atomic E-state index is 0.161. The van der Waals surface area contributed by atoms with Gasteiger partial charge in [-0.3, -0.25) is 5.01 Å². The Morgan fingerprint density at radius 1 is 0.595 bits per heavy atom. The van der Waals surface area contributed by atoms with Crippen molar-refractivity contribution in [1.82, 2.24) is 4.98 Å². The fourth-order valence-electron chi connectivity index (χ4n) is 5.30. The van der Waals surface area contributed by atoms with Crippen molar-refractivity contribution in [2.75, 3.05) is 5.01 Å². The molecule has 6 aromatic rings. The molecule has 42 heavy (non-hydrogen) atoms. The molecule has 0 radical (unpaired) electrons. The lowest BCUT2D eigenvalue weighted by molar-refractivity contribution is 0.589. The molecular formula is C38H29N3O. The van der Waals surface area contributed by atoms with Gasteiger partial charge in [-0.05, 0) is 46.5 Å². The van der Waals surface area contributed by atoms with Gasteiger partial charge in [0.25, 0.3) is 0 Å². The van der Waals surface area contributed by atoms with Crippen molar-refractivity contribution in [2.24, 2.45) is 5.10 Å². The summed E-state index contributed by atoms with van der Waals surface area (Å²) in [7, 11) is 0. The third-order valence-corrected chi connectivity index (χ3v) is 7.55. The van der Waals surface area contributed by atoms with E-state index in [4.69, 9.17) is 9.52 Å². The van der Waals surface area contributed by atoms with Gasteiger partial charge >= 0.3 is 0 Å². The van der Waals surface area contributed by atoms with Gasteiger partial charge in [0.15, 0.2) is 5.76 Å². The standard InChI is InChI=1S/C38H29N3O/c1-4-10-30(11-5-1)35-26-36(31-12-6-2-7-13-31)41(40-35)34-24-20-29(21-25-34)17-16-28-18-22-33(23-19-28)38-39-27-37(42-38)32-14-8-3-9-15-32/h1-25,27,36H,26H2/b17-16+. The van der Waals surface area contributed by atoms with Crippen molar-refractivity contribution in [2.45, 2.75) is 12.5 Å². The van der Waals surface area contributed by atoms with Crippen molar-refractivity contribution in [1.29, 1.82) is 0 Å². The Hall–Kier alpha value is -5.48. The van der Waals surface area contributed by atoms with Gasteiger partial charge in [0.05, 0.1) is 23.6 Å². The van der Waals surface area contributed by atoms with E-state index in [9.17, 15) is 0 Å². The second-order valence-corrected chi connectivity index (χ2v) is 10.3. The lowest BCUT2D eigenvalue weighted by atomic mass is 9.98. The lowest BCUT2D eigenvalue weighted by Gasteiger charge is -2.24. The summed E-state index contributed by atoms with van der Waals surface area (Å²) >= 11 is 0. The minimum absolute atomic E-state index is 0.161. The van der Waals surface area contributed by atoms with Gasteiger partial charge in [0.1, 0.15) is 0 Å². The summed E-state index contributed by atoms with van der Waals surface area (Å²) < 4.78 is 6.00. The van der Waals surface area contributed by atoms with Crippen LogP contribution in [0.15, 0.2) is 155 Å². The molecule has 1 unspecified atom stereocenters. The third-order valence-electron chi connectivity index (χ3n) is 7.55. The molecule has 0 aliphatic carbocycles. The molecule has 0 spiro atoms. The van der Waals surface area contributed by atoms with Crippen LogP contribution in [-0.4, -0.2) is 10.7 Å². The summed E-state index contributed by atoms with van der Waals surface area (Å²) in [5.41, 5.74) is 8.84. The predicted octanol–water partition coefficient (Wildman–Crippen LogP) is 9.53. The first kappa shape index (κ1) is 25.5. The Morgan fingerprint density at radius 2 is 1.17 bits per heavy atom. The van der Waals surface area contributed by atoms with Crippen molar-refractivity contribution in [3.05, 3.63) is 168 Å². The first-order valence-corrected chi connectivity index (χ1v) is 14.2. The molecule has 0 bridgehead atoms. The van der Waals surface area contributed by atoms with Crippen LogP contribution in [-0.2, 0) is 0 Å². The minimum Gasteiger partial charge on any atom is -0.436 e. The molecule has 7 rings (SSSR count). The second-order valence-electron chi connectivity index (χ2n) is 10.3. The maximum absolute atomic E-state index is 6.00. The van der Waals surface area contributed by atoms with E-state index in [1.165, 1.54) is 11.1 Å². The number of hydrazone groups is 1. The summed E-state index contributed by atoms with van der Waals surface area (Å²) in [4.78, 5) is 4.48. The molecule has 1 aromatic heterocycles. The van der Waals surface area contributed by atoms with E-state index in [0.29, 0.717) is 5.89 Å². The van der Waals surface area contributed by atoms with Crippen LogP contribution < -0.4 is 5.01 Å². The average molecular weight is 544 g/mol. The molecule has 0 amide bonds. The van der Waals surface area contributed by atoms with Crippen LogP contribution in [0, 0.1) is 0 Å². The maximum atomic E-state index is 6.00. The van der Waals surface area contributed by atoms with E-state index in [1.807, 2.05) is 48.5 Å². The van der Waals surface area contributed by atoms with Crippen LogP contribution >= 0.6 is 0 Å². The van der Waals surface area contributed by atoms with Gasteiger partial charge in [-0.1, -0.05) is 127 Å². The van der Waals surface area contributed by atoms with E-state index in [1.54, 1.807) is 6.20 Å². The van der Waals surface area contributed by atoms with E-state index < -0.39 is 0 Å². The zero-order chi connectivity index (χ0) is 28.1. The van der Waals surface area contributed by atoms with Gasteiger partial charge in [0, 0.05) is 17.5 Å². The Bertz CT molecular complexity index is 1820. The van der Waals surface area contributed by atoms with Crippen molar-refractivity contribution in [3.8, 4) is 22.8 Å². The predicted molar refractivity (Wildman–Crippen MR) is 172 cm³/mol. The summed E-state index contributed by atoms with van der Waals surface area (Å²) in [6.07, 6.45) is 6.90. The van der Waals surface area contributed by atoms with Crippen LogP contribution in [0.25, 0.3) is 34.9 Å². The van der Waals surface area contributed by atoms with E-state index in [0.717, 1.165) is 45.8 Å². The molecule has 4 nitrogen and oxygen atoms in total. The van der Waals surface area contributed by atoms with Gasteiger partial charge < -0.3 is 4.42 Å². The molecular weight excluding hydrogens is 514 g/mol. The summed E-state index contributed by atoms with van der Waals surface area (Å²) in [6, 6.07) is 48.2. The summed E-state index contributed by atoms with van der Waals surface area (Å²) in [6.45, 7) is 0. The second kappa shape index (κ2) is 11.6. The highest BCUT2D eigenvalue weighted by molar-refractivity contribution is 6.03.